The Morgan fingerprint density at radius 1 is 1.06 bits per heavy atom. The summed E-state index contributed by atoms with van der Waals surface area (Å²) in [4.78, 5) is 3.98. The second kappa shape index (κ2) is 5.55. The molecule has 0 radical (unpaired) electrons. The van der Waals surface area contributed by atoms with E-state index in [-0.39, 0.29) is 11.7 Å². The lowest BCUT2D eigenvalue weighted by Crippen LogP contribution is -2.15. The van der Waals surface area contributed by atoms with Crippen LogP contribution >= 0.6 is 0 Å². The van der Waals surface area contributed by atoms with Gasteiger partial charge in [0.2, 0.25) is 0 Å². The number of nitrogens with zero attached hydrogens (tertiary/aromatic N) is 1. The van der Waals surface area contributed by atoms with E-state index < -0.39 is 0 Å². The van der Waals surface area contributed by atoms with Crippen molar-refractivity contribution in [3.05, 3.63) is 65.7 Å². The summed E-state index contributed by atoms with van der Waals surface area (Å²) in [6.45, 7) is 0.550. The summed E-state index contributed by atoms with van der Waals surface area (Å²) < 4.78 is 12.8. The Labute approximate surface area is 100 Å². The molecular weight excluding hydrogens is 215 g/mol. The van der Waals surface area contributed by atoms with Crippen molar-refractivity contribution in [2.45, 2.75) is 12.3 Å². The molecule has 0 aliphatic heterocycles. The third kappa shape index (κ3) is 3.11. The number of hydrogen-bond acceptors (Lipinski definition) is 2. The summed E-state index contributed by atoms with van der Waals surface area (Å²) in [5.41, 5.74) is 8.05. The summed E-state index contributed by atoms with van der Waals surface area (Å²) in [6.07, 6.45) is 4.39. The van der Waals surface area contributed by atoms with E-state index in [0.717, 1.165) is 12.0 Å². The molecule has 1 heterocycles. The minimum Gasteiger partial charge on any atom is -0.330 e. The van der Waals surface area contributed by atoms with Crippen LogP contribution in [0.3, 0.4) is 0 Å². The second-order valence-corrected chi connectivity index (χ2v) is 4.04. The maximum atomic E-state index is 12.8. The molecule has 0 saturated heterocycles. The first kappa shape index (κ1) is 11.7. The molecule has 0 saturated carbocycles. The van der Waals surface area contributed by atoms with E-state index in [0.29, 0.717) is 6.54 Å². The SMILES string of the molecule is NCC(Cc1ccncc1)c1ccc(F)cc1. The monoisotopic (exact) mass is 230 g/mol. The van der Waals surface area contributed by atoms with Crippen LogP contribution in [0, 0.1) is 5.82 Å². The van der Waals surface area contributed by atoms with Crippen molar-refractivity contribution in [3.8, 4) is 0 Å². The minimum atomic E-state index is -0.214. The van der Waals surface area contributed by atoms with Crippen LogP contribution in [-0.2, 0) is 6.42 Å². The molecule has 0 bridgehead atoms. The van der Waals surface area contributed by atoms with Gasteiger partial charge in [0.25, 0.3) is 0 Å². The number of aromatic nitrogens is 1. The molecule has 1 atom stereocenters. The van der Waals surface area contributed by atoms with Crippen molar-refractivity contribution in [1.82, 2.24) is 4.98 Å². The fourth-order valence-electron chi connectivity index (χ4n) is 1.88. The zero-order chi connectivity index (χ0) is 12.1. The quantitative estimate of drug-likeness (QED) is 0.876. The summed E-state index contributed by atoms with van der Waals surface area (Å²) in [5.74, 6) is 0.00596. The van der Waals surface area contributed by atoms with Crippen molar-refractivity contribution in [2.24, 2.45) is 5.73 Å². The van der Waals surface area contributed by atoms with Crippen molar-refractivity contribution in [3.63, 3.8) is 0 Å². The highest BCUT2D eigenvalue weighted by atomic mass is 19.1. The largest absolute Gasteiger partial charge is 0.330 e. The van der Waals surface area contributed by atoms with Crippen molar-refractivity contribution < 1.29 is 4.39 Å². The van der Waals surface area contributed by atoms with Gasteiger partial charge >= 0.3 is 0 Å². The Morgan fingerprint density at radius 3 is 2.29 bits per heavy atom. The van der Waals surface area contributed by atoms with Crippen LogP contribution in [0.5, 0.6) is 0 Å². The molecule has 0 amide bonds. The van der Waals surface area contributed by atoms with Gasteiger partial charge in [-0.1, -0.05) is 12.1 Å². The third-order valence-corrected chi connectivity index (χ3v) is 2.86. The predicted molar refractivity (Wildman–Crippen MR) is 66.1 cm³/mol. The minimum absolute atomic E-state index is 0.214. The average molecular weight is 230 g/mol. The van der Waals surface area contributed by atoms with Crippen LogP contribution in [0.15, 0.2) is 48.8 Å². The number of pyridine rings is 1. The number of halogens is 1. The molecule has 0 fully saturated rings. The summed E-state index contributed by atoms with van der Waals surface area (Å²) in [6, 6.07) is 10.5. The molecule has 2 N–H and O–H groups in total. The van der Waals surface area contributed by atoms with Crippen LogP contribution in [0.1, 0.15) is 17.0 Å². The van der Waals surface area contributed by atoms with Gasteiger partial charge in [0, 0.05) is 18.3 Å². The molecule has 88 valence electrons. The predicted octanol–water partition coefficient (Wildman–Crippen LogP) is 2.51. The average Bonchev–Trinajstić information content (AvgIpc) is 2.38. The number of hydrogen-bond donors (Lipinski definition) is 1. The molecule has 1 aromatic carbocycles. The lowest BCUT2D eigenvalue weighted by molar-refractivity contribution is 0.623. The normalized spacial score (nSPS) is 12.4. The maximum absolute atomic E-state index is 12.8. The highest BCUT2D eigenvalue weighted by Gasteiger charge is 2.10. The standard InChI is InChI=1S/C14H15FN2/c15-14-3-1-12(2-4-14)13(10-16)9-11-5-7-17-8-6-11/h1-8,13H,9-10,16H2. The summed E-state index contributed by atoms with van der Waals surface area (Å²) in [7, 11) is 0. The molecule has 17 heavy (non-hydrogen) atoms. The van der Waals surface area contributed by atoms with E-state index in [4.69, 9.17) is 5.73 Å². The second-order valence-electron chi connectivity index (χ2n) is 4.04. The van der Waals surface area contributed by atoms with E-state index in [1.807, 2.05) is 12.1 Å². The lowest BCUT2D eigenvalue weighted by atomic mass is 9.92. The molecule has 2 nitrogen and oxygen atoms in total. The van der Waals surface area contributed by atoms with Gasteiger partial charge in [-0.15, -0.1) is 0 Å². The van der Waals surface area contributed by atoms with Gasteiger partial charge in [-0.3, -0.25) is 4.98 Å². The van der Waals surface area contributed by atoms with Gasteiger partial charge in [0.1, 0.15) is 5.82 Å². The van der Waals surface area contributed by atoms with Gasteiger partial charge in [-0.25, -0.2) is 4.39 Å². The Morgan fingerprint density at radius 2 is 1.71 bits per heavy atom. The zero-order valence-electron chi connectivity index (χ0n) is 9.51. The van der Waals surface area contributed by atoms with Gasteiger partial charge in [-0.05, 0) is 48.4 Å². The van der Waals surface area contributed by atoms with Crippen LogP contribution in [-0.4, -0.2) is 11.5 Å². The summed E-state index contributed by atoms with van der Waals surface area (Å²) >= 11 is 0. The van der Waals surface area contributed by atoms with Crippen molar-refractivity contribution in [1.29, 1.82) is 0 Å². The molecular formula is C14H15FN2. The molecule has 0 spiro atoms. The van der Waals surface area contributed by atoms with Crippen LogP contribution < -0.4 is 5.73 Å². The van der Waals surface area contributed by atoms with Crippen LogP contribution in [0.25, 0.3) is 0 Å². The van der Waals surface area contributed by atoms with Gasteiger partial charge in [0.15, 0.2) is 0 Å². The van der Waals surface area contributed by atoms with E-state index in [9.17, 15) is 4.39 Å². The number of rotatable bonds is 4. The molecule has 1 aromatic heterocycles. The Balaban J connectivity index is 2.14. The van der Waals surface area contributed by atoms with E-state index in [1.54, 1.807) is 24.5 Å². The molecule has 0 aliphatic carbocycles. The van der Waals surface area contributed by atoms with Gasteiger partial charge in [-0.2, -0.15) is 0 Å². The maximum Gasteiger partial charge on any atom is 0.123 e. The van der Waals surface area contributed by atoms with E-state index >= 15 is 0 Å². The smallest absolute Gasteiger partial charge is 0.123 e. The molecule has 2 rings (SSSR count). The number of benzene rings is 1. The topological polar surface area (TPSA) is 38.9 Å². The molecule has 3 heteroatoms. The Hall–Kier alpha value is -1.74. The molecule has 1 unspecified atom stereocenters. The first-order chi connectivity index (χ1) is 8.29. The van der Waals surface area contributed by atoms with Crippen molar-refractivity contribution in [2.75, 3.05) is 6.54 Å². The first-order valence-electron chi connectivity index (χ1n) is 5.64. The third-order valence-electron chi connectivity index (χ3n) is 2.86. The van der Waals surface area contributed by atoms with Gasteiger partial charge < -0.3 is 5.73 Å². The van der Waals surface area contributed by atoms with Crippen LogP contribution in [0.4, 0.5) is 4.39 Å². The highest BCUT2D eigenvalue weighted by Crippen LogP contribution is 2.19. The Kier molecular flexibility index (Phi) is 3.83. The Bertz CT molecular complexity index is 453. The first-order valence-corrected chi connectivity index (χ1v) is 5.64. The zero-order valence-corrected chi connectivity index (χ0v) is 9.51. The highest BCUT2D eigenvalue weighted by molar-refractivity contribution is 5.24. The molecule has 0 aliphatic rings. The van der Waals surface area contributed by atoms with Gasteiger partial charge in [0.05, 0.1) is 0 Å². The van der Waals surface area contributed by atoms with E-state index in [2.05, 4.69) is 4.98 Å². The van der Waals surface area contributed by atoms with Crippen LogP contribution in [0.2, 0.25) is 0 Å². The lowest BCUT2D eigenvalue weighted by Gasteiger charge is -2.15. The van der Waals surface area contributed by atoms with Crippen molar-refractivity contribution >= 4 is 0 Å². The van der Waals surface area contributed by atoms with E-state index in [1.165, 1.54) is 17.7 Å². The molecule has 2 aromatic rings. The number of nitrogens with two attached hydrogens (primary N) is 1. The fraction of sp³-hybridized carbons (Fsp3) is 0.214. The summed E-state index contributed by atoms with van der Waals surface area (Å²) in [5, 5.41) is 0. The fourth-order valence-corrected chi connectivity index (χ4v) is 1.88.